The lowest BCUT2D eigenvalue weighted by Gasteiger charge is -2.10. The Morgan fingerprint density at radius 2 is 0.696 bits per heavy atom. The third-order valence-electron chi connectivity index (χ3n) is 10.2. The lowest BCUT2D eigenvalue weighted by Crippen LogP contribution is -2.14. The zero-order valence-electron chi connectivity index (χ0n) is 36.7. The molecule has 0 amide bonds. The van der Waals surface area contributed by atoms with Gasteiger partial charge in [-0.25, -0.2) is 24.0 Å². The van der Waals surface area contributed by atoms with E-state index in [1.165, 1.54) is 6.07 Å². The fourth-order valence-electron chi connectivity index (χ4n) is 6.59. The van der Waals surface area contributed by atoms with E-state index in [0.717, 1.165) is 34.4 Å². The molecule has 0 unspecified atom stereocenters. The summed E-state index contributed by atoms with van der Waals surface area (Å²) in [6.45, 7) is 0.153. The first-order valence-electron chi connectivity index (χ1n) is 21.4. The summed E-state index contributed by atoms with van der Waals surface area (Å²) in [4.78, 5) is 63.1. The Balaban J connectivity index is 0.796. The number of ether oxygens (including phenoxy) is 6. The van der Waals surface area contributed by atoms with Crippen molar-refractivity contribution in [1.82, 2.24) is 0 Å². The number of carbonyl (C=O) groups is 5. The fraction of sp³-hybridized carbons (Fsp3) is 0.109. The lowest BCUT2D eigenvalue weighted by molar-refractivity contribution is 0.0483. The minimum Gasteiger partial charge on any atom is -0.493 e. The second-order valence-electron chi connectivity index (χ2n) is 15.0. The Morgan fingerprint density at radius 1 is 0.377 bits per heavy atom. The lowest BCUT2D eigenvalue weighted by atomic mass is 10.0. The van der Waals surface area contributed by atoms with Gasteiger partial charge < -0.3 is 33.5 Å². The molecule has 7 aromatic rings. The molecular formula is C55H40N2O12. The van der Waals surface area contributed by atoms with Crippen molar-refractivity contribution in [2.75, 3.05) is 26.4 Å². The molecule has 0 aliphatic carbocycles. The molecule has 0 heterocycles. The summed E-state index contributed by atoms with van der Waals surface area (Å²) < 4.78 is 33.1. The number of aromatic carboxylic acids is 1. The number of carbonyl (C=O) groups excluding carboxylic acids is 4. The van der Waals surface area contributed by atoms with Crippen LogP contribution in [0.1, 0.15) is 75.8 Å². The predicted molar refractivity (Wildman–Crippen MR) is 250 cm³/mol. The Labute approximate surface area is 396 Å². The molecule has 0 aliphatic heterocycles. The molecule has 0 aromatic heterocycles. The van der Waals surface area contributed by atoms with Crippen LogP contribution < -0.4 is 18.9 Å². The van der Waals surface area contributed by atoms with Crippen LogP contribution in [-0.2, 0) is 9.47 Å². The van der Waals surface area contributed by atoms with Crippen LogP contribution in [0.3, 0.4) is 0 Å². The van der Waals surface area contributed by atoms with Gasteiger partial charge in [0.1, 0.15) is 23.0 Å². The van der Waals surface area contributed by atoms with E-state index in [1.807, 2.05) is 48.5 Å². The number of nitriles is 2. The van der Waals surface area contributed by atoms with Gasteiger partial charge in [-0.2, -0.15) is 10.5 Å². The van der Waals surface area contributed by atoms with E-state index in [9.17, 15) is 29.1 Å². The van der Waals surface area contributed by atoms with Crippen molar-refractivity contribution in [2.24, 2.45) is 0 Å². The van der Waals surface area contributed by atoms with Gasteiger partial charge in [0.2, 0.25) is 0 Å². The van der Waals surface area contributed by atoms with E-state index in [-0.39, 0.29) is 56.0 Å². The van der Waals surface area contributed by atoms with E-state index in [4.69, 9.17) is 38.9 Å². The van der Waals surface area contributed by atoms with Crippen molar-refractivity contribution in [2.45, 2.75) is 12.8 Å². The largest absolute Gasteiger partial charge is 0.493 e. The number of carboxylic acids is 1. The van der Waals surface area contributed by atoms with Crippen molar-refractivity contribution in [3.8, 4) is 57.4 Å². The maximum absolute atomic E-state index is 12.9. The standard InChI is InChI=1S/C55H40N2O12/c56-34-36-3-7-38(8-4-36)40-11-23-49(24-12-40)68-54(62)42-15-19-47(20-16-42)64-27-1-29-66-52(60)45-31-44(51(58)59)32-46(33-45)53(61)67-30-2-28-65-48-21-17-43(18-22-48)55(63)69-50-25-13-41(14-26-50)39-9-5-37(35-57)6-10-39/h3-26,31-33H,1-2,27-30H2,(H,58,59). The Morgan fingerprint density at radius 3 is 1.03 bits per heavy atom. The van der Waals surface area contributed by atoms with E-state index >= 15 is 0 Å². The molecule has 0 atom stereocenters. The summed E-state index contributed by atoms with van der Waals surface area (Å²) in [6, 6.07) is 48.5. The molecule has 69 heavy (non-hydrogen) atoms. The second kappa shape index (κ2) is 23.1. The summed E-state index contributed by atoms with van der Waals surface area (Å²) in [6.07, 6.45) is 0.553. The second-order valence-corrected chi connectivity index (χ2v) is 15.0. The third-order valence-corrected chi connectivity index (χ3v) is 10.2. The topological polar surface area (TPSA) is 209 Å². The van der Waals surface area contributed by atoms with E-state index < -0.39 is 29.8 Å². The monoisotopic (exact) mass is 920 g/mol. The molecule has 1 N–H and O–H groups in total. The highest BCUT2D eigenvalue weighted by Gasteiger charge is 2.18. The van der Waals surface area contributed by atoms with Crippen LogP contribution in [0, 0.1) is 22.7 Å². The van der Waals surface area contributed by atoms with Gasteiger partial charge in [-0.15, -0.1) is 0 Å². The number of benzene rings is 7. The van der Waals surface area contributed by atoms with Crippen LogP contribution in [0.25, 0.3) is 22.3 Å². The minimum atomic E-state index is -1.36. The van der Waals surface area contributed by atoms with Gasteiger partial charge in [0.15, 0.2) is 0 Å². The number of rotatable bonds is 19. The summed E-state index contributed by atoms with van der Waals surface area (Å²) in [5.74, 6) is -2.51. The van der Waals surface area contributed by atoms with Crippen LogP contribution in [-0.4, -0.2) is 61.4 Å². The van der Waals surface area contributed by atoms with Crippen molar-refractivity contribution in [1.29, 1.82) is 10.5 Å². The number of carboxylic acid groups (broad SMARTS) is 1. The Kier molecular flexibility index (Phi) is 15.9. The molecule has 7 rings (SSSR count). The van der Waals surface area contributed by atoms with E-state index in [0.29, 0.717) is 45.3 Å². The molecule has 14 heteroatoms. The molecule has 0 fully saturated rings. The van der Waals surface area contributed by atoms with Gasteiger partial charge in [-0.3, -0.25) is 0 Å². The molecule has 0 bridgehead atoms. The maximum Gasteiger partial charge on any atom is 0.343 e. The van der Waals surface area contributed by atoms with Gasteiger partial charge >= 0.3 is 29.8 Å². The summed E-state index contributed by atoms with van der Waals surface area (Å²) in [5.41, 5.74) is 4.76. The highest BCUT2D eigenvalue weighted by atomic mass is 16.5. The van der Waals surface area contributed by atoms with Gasteiger partial charge in [0.25, 0.3) is 0 Å². The van der Waals surface area contributed by atoms with E-state index in [1.54, 1.807) is 97.1 Å². The Hall–Kier alpha value is -9.53. The Bertz CT molecular complexity index is 2830. The van der Waals surface area contributed by atoms with Gasteiger partial charge in [0.05, 0.1) is 77.5 Å². The summed E-state index contributed by atoms with van der Waals surface area (Å²) >= 11 is 0. The molecule has 0 spiro atoms. The summed E-state index contributed by atoms with van der Waals surface area (Å²) in [5, 5.41) is 27.7. The molecule has 7 aromatic carbocycles. The van der Waals surface area contributed by atoms with Crippen molar-refractivity contribution in [3.63, 3.8) is 0 Å². The maximum atomic E-state index is 12.9. The average molecular weight is 921 g/mol. The predicted octanol–water partition coefficient (Wildman–Crippen LogP) is 10.2. The smallest absolute Gasteiger partial charge is 0.343 e. The highest BCUT2D eigenvalue weighted by Crippen LogP contribution is 2.26. The first kappa shape index (κ1) is 47.4. The molecule has 14 nitrogen and oxygen atoms in total. The fourth-order valence-corrected chi connectivity index (χ4v) is 6.59. The molecule has 0 radical (unpaired) electrons. The first-order valence-corrected chi connectivity index (χ1v) is 21.4. The zero-order chi connectivity index (χ0) is 48.5. The van der Waals surface area contributed by atoms with Crippen LogP contribution in [0.15, 0.2) is 164 Å². The van der Waals surface area contributed by atoms with Crippen LogP contribution >= 0.6 is 0 Å². The number of hydrogen-bond donors (Lipinski definition) is 1. The quantitative estimate of drug-likeness (QED) is 0.0455. The molecule has 342 valence electrons. The van der Waals surface area contributed by atoms with E-state index in [2.05, 4.69) is 12.1 Å². The first-order chi connectivity index (χ1) is 33.5. The summed E-state index contributed by atoms with van der Waals surface area (Å²) in [7, 11) is 0. The number of esters is 4. The average Bonchev–Trinajstić information content (AvgIpc) is 3.39. The normalized spacial score (nSPS) is 10.4. The van der Waals surface area contributed by atoms with Gasteiger partial charge in [-0.05, 0) is 138 Å². The van der Waals surface area contributed by atoms with Crippen LogP contribution in [0.5, 0.6) is 23.0 Å². The van der Waals surface area contributed by atoms with Crippen LogP contribution in [0.2, 0.25) is 0 Å². The van der Waals surface area contributed by atoms with Crippen molar-refractivity contribution < 1.29 is 57.5 Å². The third kappa shape index (κ3) is 13.3. The number of nitrogens with zero attached hydrogens (tertiary/aromatic N) is 2. The molecule has 0 saturated carbocycles. The van der Waals surface area contributed by atoms with Crippen molar-refractivity contribution >= 4 is 29.8 Å². The van der Waals surface area contributed by atoms with Gasteiger partial charge in [0, 0.05) is 12.8 Å². The minimum absolute atomic E-state index is 0.0750. The highest BCUT2D eigenvalue weighted by molar-refractivity contribution is 6.00. The zero-order valence-corrected chi connectivity index (χ0v) is 36.7. The number of hydrogen-bond acceptors (Lipinski definition) is 13. The van der Waals surface area contributed by atoms with Crippen LogP contribution in [0.4, 0.5) is 0 Å². The SMILES string of the molecule is N#Cc1ccc(-c2ccc(OC(=O)c3ccc(OCCCOC(=O)c4cc(C(=O)O)cc(C(=O)OCCCOc5ccc(C(=O)Oc6ccc(-c7ccc(C#N)cc7)cc6)cc5)c4)cc3)cc2)cc1. The van der Waals surface area contributed by atoms with Gasteiger partial charge in [-0.1, -0.05) is 48.5 Å². The molecule has 0 aliphatic rings. The molecule has 0 saturated heterocycles. The molecular weight excluding hydrogens is 881 g/mol. The van der Waals surface area contributed by atoms with Crippen molar-refractivity contribution in [3.05, 3.63) is 203 Å².